The van der Waals surface area contributed by atoms with E-state index in [9.17, 15) is 29.1 Å². The monoisotopic (exact) mass is 447 g/mol. The molecule has 0 bridgehead atoms. The number of fused-ring (bicyclic) bond motifs is 1. The first kappa shape index (κ1) is 24.3. The Morgan fingerprint density at radius 3 is 2.28 bits per heavy atom. The molecule has 2 aromatic rings. The van der Waals surface area contributed by atoms with Gasteiger partial charge < -0.3 is 37.3 Å². The minimum Gasteiger partial charge on any atom is -0.481 e. The number of hydrogen-bond donors (Lipinski definition) is 7. The third-order valence-corrected chi connectivity index (χ3v) is 4.76. The molecule has 3 atom stereocenters. The highest BCUT2D eigenvalue weighted by molar-refractivity contribution is 5.94. The van der Waals surface area contributed by atoms with E-state index in [0.717, 1.165) is 10.9 Å². The summed E-state index contributed by atoms with van der Waals surface area (Å²) in [7, 11) is 0. The number of nitrogens with one attached hydrogen (secondary N) is 3. The van der Waals surface area contributed by atoms with Gasteiger partial charge in [0, 0.05) is 29.9 Å². The van der Waals surface area contributed by atoms with Crippen molar-refractivity contribution >= 4 is 40.6 Å². The molecule has 1 aromatic carbocycles. The number of rotatable bonds is 12. The second kappa shape index (κ2) is 10.9. The zero-order valence-corrected chi connectivity index (χ0v) is 17.0. The number of carbonyl (C=O) groups excluding carboxylic acids is 3. The second-order valence-electron chi connectivity index (χ2n) is 7.23. The van der Waals surface area contributed by atoms with E-state index in [-0.39, 0.29) is 19.3 Å². The first-order chi connectivity index (χ1) is 15.1. The standard InChI is InChI=1S/C20H25N5O7/c21-12(5-6-16(22)26)18(29)24-14(19(30)25-15(20(31)32)8-17(27)28)7-10-9-23-13-4-2-1-3-11(10)13/h1-4,9,12,14-15,23H,5-8,21H2,(H2,22,26)(H,24,29)(H,25,30)(H,27,28)(H,31,32)/t12-,14-,15-/m0/s1. The zero-order chi connectivity index (χ0) is 23.8. The molecule has 1 heterocycles. The molecule has 0 aliphatic carbocycles. The van der Waals surface area contributed by atoms with E-state index in [2.05, 4.69) is 15.6 Å². The lowest BCUT2D eigenvalue weighted by Crippen LogP contribution is -2.55. The fourth-order valence-electron chi connectivity index (χ4n) is 3.08. The molecule has 3 amide bonds. The van der Waals surface area contributed by atoms with Gasteiger partial charge in [0.25, 0.3) is 0 Å². The number of nitrogens with two attached hydrogens (primary N) is 2. The Labute approximate surface area is 182 Å². The average Bonchev–Trinajstić information content (AvgIpc) is 3.13. The van der Waals surface area contributed by atoms with E-state index >= 15 is 0 Å². The number of H-pyrrole nitrogens is 1. The van der Waals surface area contributed by atoms with Crippen LogP contribution in [-0.2, 0) is 30.4 Å². The first-order valence-corrected chi connectivity index (χ1v) is 9.72. The van der Waals surface area contributed by atoms with Crippen LogP contribution in [0.25, 0.3) is 10.9 Å². The van der Waals surface area contributed by atoms with Crippen molar-refractivity contribution in [1.82, 2.24) is 15.6 Å². The summed E-state index contributed by atoms with van der Waals surface area (Å²) in [6, 6.07) is 3.16. The molecule has 0 radical (unpaired) electrons. The minimum absolute atomic E-state index is 0.0243. The van der Waals surface area contributed by atoms with Crippen molar-refractivity contribution in [3.8, 4) is 0 Å². The number of aromatic nitrogens is 1. The van der Waals surface area contributed by atoms with Crippen LogP contribution in [0.15, 0.2) is 30.5 Å². The number of aromatic amines is 1. The van der Waals surface area contributed by atoms with Crippen LogP contribution in [0.4, 0.5) is 0 Å². The number of hydrogen-bond acceptors (Lipinski definition) is 6. The summed E-state index contributed by atoms with van der Waals surface area (Å²) < 4.78 is 0. The zero-order valence-electron chi connectivity index (χ0n) is 17.0. The predicted octanol–water partition coefficient (Wildman–Crippen LogP) is -1.17. The fourth-order valence-corrected chi connectivity index (χ4v) is 3.08. The van der Waals surface area contributed by atoms with E-state index in [1.807, 2.05) is 12.1 Å². The van der Waals surface area contributed by atoms with Crippen LogP contribution in [0, 0.1) is 0 Å². The van der Waals surface area contributed by atoms with Gasteiger partial charge in [-0.25, -0.2) is 4.79 Å². The highest BCUT2D eigenvalue weighted by Crippen LogP contribution is 2.19. The molecule has 0 fully saturated rings. The molecular weight excluding hydrogens is 422 g/mol. The number of amides is 3. The van der Waals surface area contributed by atoms with Crippen LogP contribution in [0.1, 0.15) is 24.8 Å². The lowest BCUT2D eigenvalue weighted by atomic mass is 10.0. The summed E-state index contributed by atoms with van der Waals surface area (Å²) >= 11 is 0. The Hall–Kier alpha value is -3.93. The third-order valence-electron chi connectivity index (χ3n) is 4.76. The second-order valence-corrected chi connectivity index (χ2v) is 7.23. The molecule has 0 unspecified atom stereocenters. The van der Waals surface area contributed by atoms with Gasteiger partial charge in [-0.15, -0.1) is 0 Å². The predicted molar refractivity (Wildman–Crippen MR) is 112 cm³/mol. The largest absolute Gasteiger partial charge is 0.481 e. The van der Waals surface area contributed by atoms with Crippen LogP contribution in [0.5, 0.6) is 0 Å². The van der Waals surface area contributed by atoms with Gasteiger partial charge in [-0.3, -0.25) is 19.2 Å². The van der Waals surface area contributed by atoms with Crippen molar-refractivity contribution < 1.29 is 34.2 Å². The quantitative estimate of drug-likeness (QED) is 0.210. The van der Waals surface area contributed by atoms with Crippen molar-refractivity contribution in [2.24, 2.45) is 11.5 Å². The molecule has 0 saturated heterocycles. The van der Waals surface area contributed by atoms with Crippen LogP contribution < -0.4 is 22.1 Å². The minimum atomic E-state index is -1.69. The summed E-state index contributed by atoms with van der Waals surface area (Å²) in [4.78, 5) is 61.5. The highest BCUT2D eigenvalue weighted by Gasteiger charge is 2.30. The average molecular weight is 447 g/mol. The lowest BCUT2D eigenvalue weighted by molar-refractivity contribution is -0.147. The maximum absolute atomic E-state index is 12.8. The first-order valence-electron chi connectivity index (χ1n) is 9.72. The molecule has 9 N–H and O–H groups in total. The van der Waals surface area contributed by atoms with Gasteiger partial charge in [0.1, 0.15) is 12.1 Å². The molecule has 0 aliphatic heterocycles. The maximum Gasteiger partial charge on any atom is 0.326 e. The van der Waals surface area contributed by atoms with Gasteiger partial charge in [0.05, 0.1) is 12.5 Å². The Morgan fingerprint density at radius 2 is 1.66 bits per heavy atom. The number of carbonyl (C=O) groups is 5. The molecule has 0 spiro atoms. The van der Waals surface area contributed by atoms with Crippen molar-refractivity contribution in [3.05, 3.63) is 36.0 Å². The summed E-state index contributed by atoms with van der Waals surface area (Å²) in [5.74, 6) is -5.21. The third kappa shape index (κ3) is 6.80. The number of para-hydroxylation sites is 1. The molecule has 0 saturated carbocycles. The number of primary amides is 1. The Bertz CT molecular complexity index is 1020. The van der Waals surface area contributed by atoms with E-state index in [1.165, 1.54) is 0 Å². The summed E-state index contributed by atoms with van der Waals surface area (Å²) in [6.45, 7) is 0. The highest BCUT2D eigenvalue weighted by atomic mass is 16.4. The smallest absolute Gasteiger partial charge is 0.326 e. The molecular formula is C20H25N5O7. The van der Waals surface area contributed by atoms with Gasteiger partial charge in [-0.05, 0) is 18.1 Å². The SMILES string of the molecule is NC(=O)CC[C@H](N)C(=O)N[C@@H](Cc1c[nH]c2ccccc12)C(=O)N[C@@H](CC(=O)O)C(=O)O. The number of aliphatic carboxylic acids is 2. The fraction of sp³-hybridized carbons (Fsp3) is 0.350. The van der Waals surface area contributed by atoms with E-state index in [0.29, 0.717) is 5.56 Å². The van der Waals surface area contributed by atoms with Gasteiger partial charge in [-0.2, -0.15) is 0 Å². The van der Waals surface area contributed by atoms with Crippen molar-refractivity contribution in [3.63, 3.8) is 0 Å². The molecule has 12 heteroatoms. The Morgan fingerprint density at radius 1 is 1.00 bits per heavy atom. The molecule has 1 aromatic heterocycles. The van der Waals surface area contributed by atoms with Gasteiger partial charge in [0.15, 0.2) is 0 Å². The number of carboxylic acid groups (broad SMARTS) is 2. The Kier molecular flexibility index (Phi) is 8.30. The van der Waals surface area contributed by atoms with Crippen LogP contribution in [-0.4, -0.2) is 63.0 Å². The van der Waals surface area contributed by atoms with Crippen LogP contribution in [0.3, 0.4) is 0 Å². The summed E-state index contributed by atoms with van der Waals surface area (Å²) in [6.07, 6.45) is 0.611. The number of carboxylic acids is 2. The summed E-state index contributed by atoms with van der Waals surface area (Å²) in [5, 5.41) is 23.5. The molecule has 32 heavy (non-hydrogen) atoms. The van der Waals surface area contributed by atoms with Gasteiger partial charge in [0.2, 0.25) is 17.7 Å². The summed E-state index contributed by atoms with van der Waals surface area (Å²) in [5.41, 5.74) is 12.3. The van der Waals surface area contributed by atoms with E-state index in [1.54, 1.807) is 18.3 Å². The van der Waals surface area contributed by atoms with Crippen LogP contribution >= 0.6 is 0 Å². The Balaban J connectivity index is 2.23. The maximum atomic E-state index is 12.8. The van der Waals surface area contributed by atoms with Crippen molar-refractivity contribution in [1.29, 1.82) is 0 Å². The molecule has 0 aliphatic rings. The van der Waals surface area contributed by atoms with Crippen LogP contribution in [0.2, 0.25) is 0 Å². The van der Waals surface area contributed by atoms with E-state index in [4.69, 9.17) is 16.6 Å². The normalized spacial score (nSPS) is 13.7. The lowest BCUT2D eigenvalue weighted by Gasteiger charge is -2.22. The van der Waals surface area contributed by atoms with Gasteiger partial charge in [-0.1, -0.05) is 18.2 Å². The van der Waals surface area contributed by atoms with Gasteiger partial charge >= 0.3 is 11.9 Å². The molecule has 172 valence electrons. The van der Waals surface area contributed by atoms with Crippen molar-refractivity contribution in [2.45, 2.75) is 43.8 Å². The molecule has 12 nitrogen and oxygen atoms in total. The van der Waals surface area contributed by atoms with E-state index < -0.39 is 54.2 Å². The topological polar surface area (TPSA) is 218 Å². The number of benzene rings is 1. The van der Waals surface area contributed by atoms with Crippen molar-refractivity contribution in [2.75, 3.05) is 0 Å². The molecule has 2 rings (SSSR count).